The van der Waals surface area contributed by atoms with E-state index in [1.807, 2.05) is 40.7 Å². The van der Waals surface area contributed by atoms with Crippen LogP contribution in [0.25, 0.3) is 11.0 Å². The maximum Gasteiger partial charge on any atom is 0.242 e. The summed E-state index contributed by atoms with van der Waals surface area (Å²) in [6.07, 6.45) is 0. The third-order valence-electron chi connectivity index (χ3n) is 4.31. The van der Waals surface area contributed by atoms with E-state index in [2.05, 4.69) is 38.0 Å². The van der Waals surface area contributed by atoms with Crippen molar-refractivity contribution < 1.29 is 9.59 Å². The van der Waals surface area contributed by atoms with Crippen LogP contribution in [0.15, 0.2) is 24.3 Å². The van der Waals surface area contributed by atoms with Crippen molar-refractivity contribution in [3.05, 3.63) is 30.1 Å². The highest BCUT2D eigenvalue weighted by molar-refractivity contribution is 5.81. The summed E-state index contributed by atoms with van der Waals surface area (Å²) in [7, 11) is 0. The van der Waals surface area contributed by atoms with Crippen molar-refractivity contribution in [2.45, 2.75) is 54.1 Å². The van der Waals surface area contributed by atoms with Gasteiger partial charge in [0.05, 0.1) is 17.1 Å². The number of nitrogens with zero attached hydrogens (tertiary/aromatic N) is 3. The molecule has 0 spiro atoms. The average molecular weight is 373 g/mol. The van der Waals surface area contributed by atoms with Crippen LogP contribution in [0.5, 0.6) is 0 Å². The summed E-state index contributed by atoms with van der Waals surface area (Å²) in [5.74, 6) is 1.48. The lowest BCUT2D eigenvalue weighted by atomic mass is 10.1. The normalized spacial score (nSPS) is 12.6. The van der Waals surface area contributed by atoms with Crippen molar-refractivity contribution in [2.24, 2.45) is 11.8 Å². The van der Waals surface area contributed by atoms with E-state index < -0.39 is 0 Å². The maximum absolute atomic E-state index is 13.1. The van der Waals surface area contributed by atoms with Gasteiger partial charge in [-0.1, -0.05) is 39.8 Å². The minimum Gasteiger partial charge on any atom is -0.347 e. The highest BCUT2D eigenvalue weighted by atomic mass is 16.2. The Morgan fingerprint density at radius 1 is 1.07 bits per heavy atom. The smallest absolute Gasteiger partial charge is 0.242 e. The Kier molecular flexibility index (Phi) is 6.99. The molecule has 1 aromatic heterocycles. The Morgan fingerprint density at radius 2 is 1.67 bits per heavy atom. The maximum atomic E-state index is 13.1. The van der Waals surface area contributed by atoms with E-state index in [4.69, 9.17) is 0 Å². The molecule has 2 aromatic rings. The summed E-state index contributed by atoms with van der Waals surface area (Å²) >= 11 is 0. The van der Waals surface area contributed by atoms with E-state index >= 15 is 0 Å². The summed E-state index contributed by atoms with van der Waals surface area (Å²) in [6.45, 7) is 13.6. The summed E-state index contributed by atoms with van der Waals surface area (Å²) in [4.78, 5) is 31.2. The molecule has 1 N–H and O–H groups in total. The lowest BCUT2D eigenvalue weighted by Gasteiger charge is -2.27. The van der Waals surface area contributed by atoms with Crippen molar-refractivity contribution >= 4 is 22.8 Å². The Morgan fingerprint density at radius 3 is 2.22 bits per heavy atom. The van der Waals surface area contributed by atoms with Gasteiger partial charge in [0, 0.05) is 20.0 Å². The van der Waals surface area contributed by atoms with Crippen LogP contribution in [0.4, 0.5) is 0 Å². The first kappa shape index (κ1) is 20.9. The monoisotopic (exact) mass is 372 g/mol. The number of hydrogen-bond acceptors (Lipinski definition) is 3. The quantitative estimate of drug-likeness (QED) is 0.772. The predicted octanol–water partition coefficient (Wildman–Crippen LogP) is 3.37. The number of rotatable bonds is 8. The molecule has 0 saturated heterocycles. The van der Waals surface area contributed by atoms with Crippen molar-refractivity contribution in [3.63, 3.8) is 0 Å². The molecule has 6 nitrogen and oxygen atoms in total. The van der Waals surface area contributed by atoms with Gasteiger partial charge in [-0.15, -0.1) is 0 Å². The van der Waals surface area contributed by atoms with Crippen molar-refractivity contribution in [2.75, 3.05) is 13.1 Å². The van der Waals surface area contributed by atoms with E-state index in [-0.39, 0.29) is 24.4 Å². The number of nitrogens with one attached hydrogen (secondary N) is 1. The Labute approximate surface area is 161 Å². The lowest BCUT2D eigenvalue weighted by molar-refractivity contribution is -0.132. The summed E-state index contributed by atoms with van der Waals surface area (Å²) < 4.78 is 1.94. The molecule has 1 unspecified atom stereocenters. The molecule has 0 saturated carbocycles. The molecule has 27 heavy (non-hydrogen) atoms. The highest BCUT2D eigenvalue weighted by Crippen LogP contribution is 2.21. The third kappa shape index (κ3) is 5.55. The van der Waals surface area contributed by atoms with Crippen molar-refractivity contribution in [1.29, 1.82) is 0 Å². The Balaban J connectivity index is 2.37. The van der Waals surface area contributed by atoms with Crippen LogP contribution in [-0.4, -0.2) is 39.4 Å². The SMILES string of the molecule is CC(=O)NC(C)c1nc2ccccc2n1CC(=O)N(CC(C)C)CC(C)C. The van der Waals surface area contributed by atoms with Crippen LogP contribution >= 0.6 is 0 Å². The molecule has 0 fully saturated rings. The fraction of sp³-hybridized carbons (Fsp3) is 0.571. The predicted molar refractivity (Wildman–Crippen MR) is 108 cm³/mol. The second-order valence-electron chi connectivity index (χ2n) is 8.05. The number of carbonyl (C=O) groups excluding carboxylic acids is 2. The minimum absolute atomic E-state index is 0.0804. The number of fused-ring (bicyclic) bond motifs is 1. The number of carbonyl (C=O) groups is 2. The van der Waals surface area contributed by atoms with Crippen LogP contribution in [0, 0.1) is 11.8 Å². The third-order valence-corrected chi connectivity index (χ3v) is 4.31. The first-order valence-corrected chi connectivity index (χ1v) is 9.69. The zero-order valence-corrected chi connectivity index (χ0v) is 17.3. The summed E-state index contributed by atoms with van der Waals surface area (Å²) in [5.41, 5.74) is 1.74. The fourth-order valence-electron chi connectivity index (χ4n) is 3.36. The number of imidazole rings is 1. The molecule has 0 bridgehead atoms. The van der Waals surface area contributed by atoms with Gasteiger partial charge in [-0.25, -0.2) is 4.98 Å². The van der Waals surface area contributed by atoms with Crippen LogP contribution in [0.1, 0.15) is 53.4 Å². The topological polar surface area (TPSA) is 67.2 Å². The zero-order valence-electron chi connectivity index (χ0n) is 17.3. The molecule has 0 aliphatic carbocycles. The average Bonchev–Trinajstić information content (AvgIpc) is 2.91. The number of amides is 2. The first-order chi connectivity index (χ1) is 12.7. The van der Waals surface area contributed by atoms with Gasteiger partial charge in [0.2, 0.25) is 11.8 Å². The van der Waals surface area contributed by atoms with E-state index in [1.54, 1.807) is 0 Å². The van der Waals surface area contributed by atoms with Gasteiger partial charge in [-0.3, -0.25) is 9.59 Å². The van der Waals surface area contributed by atoms with Gasteiger partial charge in [-0.2, -0.15) is 0 Å². The summed E-state index contributed by atoms with van der Waals surface area (Å²) in [6, 6.07) is 7.50. The first-order valence-electron chi connectivity index (χ1n) is 9.69. The molecule has 0 radical (unpaired) electrons. The molecule has 148 valence electrons. The second-order valence-corrected chi connectivity index (χ2v) is 8.05. The molecule has 1 aromatic carbocycles. The molecule has 2 rings (SSSR count). The van der Waals surface area contributed by atoms with Crippen LogP contribution in [-0.2, 0) is 16.1 Å². The Hall–Kier alpha value is -2.37. The standard InChI is InChI=1S/C21H32N4O2/c1-14(2)11-24(12-15(3)4)20(27)13-25-19-10-8-7-9-18(19)23-21(25)16(5)22-17(6)26/h7-10,14-16H,11-13H2,1-6H3,(H,22,26). The molecule has 6 heteroatoms. The number of para-hydroxylation sites is 2. The minimum atomic E-state index is -0.272. The van der Waals surface area contributed by atoms with E-state index in [0.717, 1.165) is 24.1 Å². The lowest BCUT2D eigenvalue weighted by Crippen LogP contribution is -2.39. The van der Waals surface area contributed by atoms with Gasteiger partial charge >= 0.3 is 0 Å². The number of aromatic nitrogens is 2. The summed E-state index contributed by atoms with van der Waals surface area (Å²) in [5, 5.41) is 2.88. The molecule has 0 aliphatic rings. The van der Waals surface area contributed by atoms with Crippen LogP contribution in [0.3, 0.4) is 0 Å². The second kappa shape index (κ2) is 9.02. The fourth-order valence-corrected chi connectivity index (χ4v) is 3.36. The van der Waals surface area contributed by atoms with Crippen LogP contribution < -0.4 is 5.32 Å². The highest BCUT2D eigenvalue weighted by Gasteiger charge is 2.22. The molecule has 2 amide bonds. The van der Waals surface area contributed by atoms with Crippen molar-refractivity contribution in [3.8, 4) is 0 Å². The number of hydrogen-bond donors (Lipinski definition) is 1. The van der Waals surface area contributed by atoms with Crippen molar-refractivity contribution in [1.82, 2.24) is 19.8 Å². The van der Waals surface area contributed by atoms with E-state index in [1.165, 1.54) is 6.92 Å². The Bertz CT molecular complexity index is 785. The van der Waals surface area contributed by atoms with Gasteiger partial charge in [0.25, 0.3) is 0 Å². The van der Waals surface area contributed by atoms with E-state index in [9.17, 15) is 9.59 Å². The van der Waals surface area contributed by atoms with Gasteiger partial charge in [-0.05, 0) is 30.9 Å². The van der Waals surface area contributed by atoms with Gasteiger partial charge < -0.3 is 14.8 Å². The van der Waals surface area contributed by atoms with Gasteiger partial charge in [0.1, 0.15) is 12.4 Å². The van der Waals surface area contributed by atoms with Gasteiger partial charge in [0.15, 0.2) is 0 Å². The molecular weight excluding hydrogens is 340 g/mol. The zero-order chi connectivity index (χ0) is 20.1. The largest absolute Gasteiger partial charge is 0.347 e. The molecule has 1 heterocycles. The molecule has 0 aliphatic heterocycles. The van der Waals surface area contributed by atoms with E-state index in [0.29, 0.717) is 17.7 Å². The molecule has 1 atom stereocenters. The number of benzene rings is 1. The van der Waals surface area contributed by atoms with Crippen LogP contribution in [0.2, 0.25) is 0 Å². The molecular formula is C21H32N4O2.